The number of amides is 1. The average molecular weight is 402 g/mol. The summed E-state index contributed by atoms with van der Waals surface area (Å²) in [5.41, 5.74) is 1.92. The van der Waals surface area contributed by atoms with Gasteiger partial charge in [0.15, 0.2) is 5.78 Å². The van der Waals surface area contributed by atoms with Crippen LogP contribution in [0, 0.1) is 0 Å². The molecule has 3 aromatic rings. The highest BCUT2D eigenvalue weighted by Gasteiger charge is 2.29. The molecule has 1 aliphatic carbocycles. The van der Waals surface area contributed by atoms with Gasteiger partial charge in [-0.3, -0.25) is 14.4 Å². The zero-order chi connectivity index (χ0) is 21.1. The van der Waals surface area contributed by atoms with Gasteiger partial charge in [0.05, 0.1) is 12.3 Å². The highest BCUT2D eigenvalue weighted by atomic mass is 16.5. The summed E-state index contributed by atoms with van der Waals surface area (Å²) in [5, 5.41) is 2.71. The Morgan fingerprint density at radius 1 is 1.07 bits per heavy atom. The second-order valence-corrected chi connectivity index (χ2v) is 7.23. The van der Waals surface area contributed by atoms with Gasteiger partial charge in [-0.15, -0.1) is 0 Å². The van der Waals surface area contributed by atoms with Crippen LogP contribution in [0.25, 0.3) is 0 Å². The van der Waals surface area contributed by atoms with Crippen LogP contribution < -0.4 is 15.6 Å². The molecule has 0 saturated carbocycles. The number of para-hydroxylation sites is 2. The fraction of sp³-hybridized carbons (Fsp3) is 0.208. The Balaban J connectivity index is 1.62. The second-order valence-electron chi connectivity index (χ2n) is 7.23. The molecular formula is C24H22N2O4. The number of anilines is 1. The number of fused-ring (bicyclic) bond motifs is 1. The monoisotopic (exact) mass is 402 g/mol. The summed E-state index contributed by atoms with van der Waals surface area (Å²) in [6.07, 6.45) is 0.896. The maximum Gasteiger partial charge on any atom is 0.261 e. The topological polar surface area (TPSA) is 88.3 Å². The van der Waals surface area contributed by atoms with Gasteiger partial charge in [0.25, 0.3) is 11.5 Å². The lowest BCUT2D eigenvalue weighted by molar-refractivity contribution is 0.0963. The quantitative estimate of drug-likeness (QED) is 0.677. The highest BCUT2D eigenvalue weighted by Crippen LogP contribution is 2.31. The normalized spacial score (nSPS) is 15.4. The first kappa shape index (κ1) is 19.6. The number of ketones is 1. The molecule has 0 spiro atoms. The molecule has 1 heterocycles. The first-order chi connectivity index (χ1) is 14.6. The molecule has 2 aromatic carbocycles. The van der Waals surface area contributed by atoms with Crippen LogP contribution in [0.4, 0.5) is 5.69 Å². The van der Waals surface area contributed by atoms with Crippen molar-refractivity contribution in [1.29, 1.82) is 0 Å². The third-order valence-corrected chi connectivity index (χ3v) is 5.26. The Hall–Kier alpha value is -3.67. The Morgan fingerprint density at radius 2 is 1.80 bits per heavy atom. The van der Waals surface area contributed by atoms with Gasteiger partial charge in [0, 0.05) is 17.7 Å². The van der Waals surface area contributed by atoms with Crippen LogP contribution in [-0.2, 0) is 6.42 Å². The summed E-state index contributed by atoms with van der Waals surface area (Å²) in [5.74, 6) is -0.126. The number of H-pyrrole nitrogens is 1. The molecule has 1 atom stereocenters. The summed E-state index contributed by atoms with van der Waals surface area (Å²) in [6, 6.07) is 18.2. The number of carbonyl (C=O) groups excluding carboxylic acids is 2. The minimum Gasteiger partial charge on any atom is -0.492 e. The van der Waals surface area contributed by atoms with E-state index >= 15 is 0 Å². The zero-order valence-corrected chi connectivity index (χ0v) is 16.6. The third kappa shape index (κ3) is 3.89. The van der Waals surface area contributed by atoms with Crippen LogP contribution in [0.3, 0.4) is 0 Å². The molecule has 1 unspecified atom stereocenters. The molecule has 0 radical (unpaired) electrons. The summed E-state index contributed by atoms with van der Waals surface area (Å²) in [4.78, 5) is 40.9. The van der Waals surface area contributed by atoms with Crippen molar-refractivity contribution in [3.05, 3.63) is 93.4 Å². The van der Waals surface area contributed by atoms with E-state index in [9.17, 15) is 14.4 Å². The van der Waals surface area contributed by atoms with Gasteiger partial charge >= 0.3 is 0 Å². The van der Waals surface area contributed by atoms with Crippen LogP contribution >= 0.6 is 0 Å². The smallest absolute Gasteiger partial charge is 0.261 e. The molecule has 30 heavy (non-hydrogen) atoms. The molecule has 152 valence electrons. The SMILES string of the molecule is CCOc1ccccc1NC(=O)c1cc2c([nH]c1=O)CC(c1ccccc1)CC2=O. The molecule has 0 aliphatic heterocycles. The Kier molecular flexibility index (Phi) is 5.48. The Labute approximate surface area is 173 Å². The fourth-order valence-electron chi connectivity index (χ4n) is 3.80. The van der Waals surface area contributed by atoms with Gasteiger partial charge in [0.1, 0.15) is 11.3 Å². The van der Waals surface area contributed by atoms with E-state index in [1.165, 1.54) is 6.07 Å². The lowest BCUT2D eigenvalue weighted by Crippen LogP contribution is -2.29. The Morgan fingerprint density at radius 3 is 2.57 bits per heavy atom. The standard InChI is InChI=1S/C24H22N2O4/c1-2-30-22-11-7-6-10-19(22)25-23(28)18-14-17-20(26-24(18)29)12-16(13-21(17)27)15-8-4-3-5-9-15/h3-11,14,16H,2,12-13H2,1H3,(H,25,28)(H,26,29). The number of rotatable bonds is 5. The highest BCUT2D eigenvalue weighted by molar-refractivity contribution is 6.07. The molecule has 1 amide bonds. The number of Topliss-reactive ketones (excluding diaryl/α,β-unsaturated/α-hetero) is 1. The molecule has 6 heteroatoms. The summed E-state index contributed by atoms with van der Waals surface area (Å²) < 4.78 is 5.51. The molecule has 4 rings (SSSR count). The van der Waals surface area contributed by atoms with Crippen molar-refractivity contribution >= 4 is 17.4 Å². The van der Waals surface area contributed by atoms with E-state index in [1.54, 1.807) is 24.3 Å². The summed E-state index contributed by atoms with van der Waals surface area (Å²) in [7, 11) is 0. The molecule has 0 saturated heterocycles. The molecule has 1 aromatic heterocycles. The van der Waals surface area contributed by atoms with Crippen LogP contribution in [0.15, 0.2) is 65.5 Å². The van der Waals surface area contributed by atoms with Gasteiger partial charge in [-0.05, 0) is 43.0 Å². The van der Waals surface area contributed by atoms with Crippen molar-refractivity contribution in [3.63, 3.8) is 0 Å². The Bertz CT molecular complexity index is 1150. The lowest BCUT2D eigenvalue weighted by Gasteiger charge is -2.24. The van der Waals surface area contributed by atoms with E-state index in [4.69, 9.17) is 4.74 Å². The summed E-state index contributed by atoms with van der Waals surface area (Å²) >= 11 is 0. The van der Waals surface area contributed by atoms with Gasteiger partial charge < -0.3 is 15.0 Å². The van der Waals surface area contributed by atoms with Crippen molar-refractivity contribution in [2.24, 2.45) is 0 Å². The van der Waals surface area contributed by atoms with E-state index in [0.29, 0.717) is 42.1 Å². The maximum atomic E-state index is 12.8. The van der Waals surface area contributed by atoms with Crippen molar-refractivity contribution in [2.45, 2.75) is 25.7 Å². The van der Waals surface area contributed by atoms with Crippen LogP contribution in [0.2, 0.25) is 0 Å². The molecule has 0 bridgehead atoms. The molecular weight excluding hydrogens is 380 g/mol. The number of hydrogen-bond donors (Lipinski definition) is 2. The van der Waals surface area contributed by atoms with Gasteiger partial charge in [-0.25, -0.2) is 0 Å². The lowest BCUT2D eigenvalue weighted by atomic mass is 9.81. The van der Waals surface area contributed by atoms with Crippen LogP contribution in [-0.4, -0.2) is 23.3 Å². The van der Waals surface area contributed by atoms with Crippen molar-refractivity contribution in [1.82, 2.24) is 4.98 Å². The number of hydrogen-bond acceptors (Lipinski definition) is 4. The molecule has 1 aliphatic rings. The van der Waals surface area contributed by atoms with E-state index in [-0.39, 0.29) is 17.3 Å². The predicted molar refractivity (Wildman–Crippen MR) is 114 cm³/mol. The number of nitrogens with one attached hydrogen (secondary N) is 2. The van der Waals surface area contributed by atoms with E-state index in [0.717, 1.165) is 5.56 Å². The minimum absolute atomic E-state index is 0.0135. The first-order valence-corrected chi connectivity index (χ1v) is 9.94. The molecule has 6 nitrogen and oxygen atoms in total. The molecule has 2 N–H and O–H groups in total. The number of aromatic amines is 1. The van der Waals surface area contributed by atoms with Crippen LogP contribution in [0.1, 0.15) is 51.2 Å². The largest absolute Gasteiger partial charge is 0.492 e. The maximum absolute atomic E-state index is 12.8. The first-order valence-electron chi connectivity index (χ1n) is 9.94. The number of carbonyl (C=O) groups is 2. The number of ether oxygens (including phenoxy) is 1. The van der Waals surface area contributed by atoms with E-state index in [2.05, 4.69) is 10.3 Å². The summed E-state index contributed by atoms with van der Waals surface area (Å²) in [6.45, 7) is 2.30. The van der Waals surface area contributed by atoms with Crippen molar-refractivity contribution < 1.29 is 14.3 Å². The van der Waals surface area contributed by atoms with E-state index in [1.807, 2.05) is 37.3 Å². The third-order valence-electron chi connectivity index (χ3n) is 5.26. The second kappa shape index (κ2) is 8.37. The zero-order valence-electron chi connectivity index (χ0n) is 16.6. The molecule has 0 fully saturated rings. The number of aromatic nitrogens is 1. The minimum atomic E-state index is -0.579. The predicted octanol–water partition coefficient (Wildman–Crippen LogP) is 3.94. The fourth-order valence-corrected chi connectivity index (χ4v) is 3.80. The average Bonchev–Trinajstić information content (AvgIpc) is 2.75. The van der Waals surface area contributed by atoms with E-state index < -0.39 is 11.5 Å². The number of benzene rings is 2. The van der Waals surface area contributed by atoms with Crippen molar-refractivity contribution in [2.75, 3.05) is 11.9 Å². The van der Waals surface area contributed by atoms with Gasteiger partial charge in [-0.1, -0.05) is 42.5 Å². The van der Waals surface area contributed by atoms with Gasteiger partial charge in [0.2, 0.25) is 0 Å². The van der Waals surface area contributed by atoms with Gasteiger partial charge in [-0.2, -0.15) is 0 Å². The van der Waals surface area contributed by atoms with Crippen molar-refractivity contribution in [3.8, 4) is 5.75 Å². The van der Waals surface area contributed by atoms with Crippen LogP contribution in [0.5, 0.6) is 5.75 Å². The number of pyridine rings is 1.